The molecule has 0 bridgehead atoms. The van der Waals surface area contributed by atoms with Crippen molar-refractivity contribution in [2.45, 2.75) is 26.9 Å². The van der Waals surface area contributed by atoms with E-state index >= 15 is 0 Å². The monoisotopic (exact) mass is 248 g/mol. The molecule has 0 fully saturated rings. The van der Waals surface area contributed by atoms with E-state index in [2.05, 4.69) is 10.5 Å². The second-order valence-corrected chi connectivity index (χ2v) is 4.22. The zero-order valence-electron chi connectivity index (χ0n) is 10.4. The average molecular weight is 248 g/mol. The molecule has 5 nitrogen and oxygen atoms in total. The Hall–Kier alpha value is -2.01. The highest BCUT2D eigenvalue weighted by Crippen LogP contribution is 2.22. The highest BCUT2D eigenvalue weighted by Gasteiger charge is 2.08. The van der Waals surface area contributed by atoms with Crippen LogP contribution in [0.4, 0.5) is 0 Å². The Balaban J connectivity index is 1.96. The van der Waals surface area contributed by atoms with Crippen molar-refractivity contribution in [2.75, 3.05) is 0 Å². The molecule has 0 spiro atoms. The zero-order valence-corrected chi connectivity index (χ0v) is 10.4. The van der Waals surface area contributed by atoms with Gasteiger partial charge in [0.2, 0.25) is 0 Å². The minimum absolute atomic E-state index is 0.0574. The molecule has 0 aliphatic heterocycles. The second-order valence-electron chi connectivity index (χ2n) is 4.22. The fourth-order valence-corrected chi connectivity index (χ4v) is 1.78. The predicted octanol–water partition coefficient (Wildman–Crippen LogP) is 1.99. The minimum atomic E-state index is 0.0574. The topological polar surface area (TPSA) is 78.5 Å². The molecule has 2 rings (SSSR count). The van der Waals surface area contributed by atoms with Gasteiger partial charge in [0.05, 0.1) is 5.69 Å². The van der Waals surface area contributed by atoms with Gasteiger partial charge in [0.15, 0.2) is 0 Å². The molecular weight excluding hydrogens is 232 g/mol. The lowest BCUT2D eigenvalue weighted by molar-refractivity contribution is 0.391. The number of aromatic nitrogens is 1. The first-order valence-electron chi connectivity index (χ1n) is 5.71. The van der Waals surface area contributed by atoms with Crippen LogP contribution in [0.5, 0.6) is 11.5 Å². The maximum absolute atomic E-state index is 9.63. The van der Waals surface area contributed by atoms with Crippen LogP contribution in [0, 0.1) is 13.8 Å². The lowest BCUT2D eigenvalue weighted by Crippen LogP contribution is -2.13. The molecule has 0 saturated heterocycles. The Morgan fingerprint density at radius 3 is 2.61 bits per heavy atom. The Morgan fingerprint density at radius 1 is 1.22 bits per heavy atom. The lowest BCUT2D eigenvalue weighted by atomic mass is 10.1. The fourth-order valence-electron chi connectivity index (χ4n) is 1.78. The molecule has 18 heavy (non-hydrogen) atoms. The molecule has 0 radical (unpaired) electrons. The molecule has 3 N–H and O–H groups in total. The molecule has 2 aromatic rings. The van der Waals surface area contributed by atoms with E-state index in [9.17, 15) is 10.2 Å². The van der Waals surface area contributed by atoms with Gasteiger partial charge in [0.25, 0.3) is 0 Å². The van der Waals surface area contributed by atoms with E-state index in [4.69, 9.17) is 4.52 Å². The number of nitrogens with one attached hydrogen (secondary N) is 1. The number of aryl methyl sites for hydroxylation is 2. The number of phenols is 2. The van der Waals surface area contributed by atoms with Crippen molar-refractivity contribution < 1.29 is 14.7 Å². The van der Waals surface area contributed by atoms with Gasteiger partial charge in [-0.15, -0.1) is 0 Å². The van der Waals surface area contributed by atoms with Gasteiger partial charge in [-0.3, -0.25) is 0 Å². The van der Waals surface area contributed by atoms with Gasteiger partial charge < -0.3 is 20.1 Å². The first-order valence-corrected chi connectivity index (χ1v) is 5.71. The second kappa shape index (κ2) is 5.10. The normalized spacial score (nSPS) is 10.8. The van der Waals surface area contributed by atoms with Gasteiger partial charge >= 0.3 is 0 Å². The fraction of sp³-hybridized carbons (Fsp3) is 0.308. The van der Waals surface area contributed by atoms with E-state index in [-0.39, 0.29) is 11.5 Å². The van der Waals surface area contributed by atoms with Crippen LogP contribution in [0.3, 0.4) is 0 Å². The van der Waals surface area contributed by atoms with Crippen LogP contribution < -0.4 is 5.32 Å². The summed E-state index contributed by atoms with van der Waals surface area (Å²) < 4.78 is 5.07. The standard InChI is InChI=1S/C13H16N2O3/c1-8-12(9(2)18-15-8)7-14-6-10-3-4-11(16)5-13(10)17/h3-5,14,16-17H,6-7H2,1-2H3. The number of benzene rings is 1. The maximum Gasteiger partial charge on any atom is 0.138 e. The number of phenolic OH excluding ortho intramolecular Hbond substituents is 2. The highest BCUT2D eigenvalue weighted by molar-refractivity contribution is 5.38. The Bertz CT molecular complexity index is 530. The highest BCUT2D eigenvalue weighted by atomic mass is 16.5. The molecule has 0 atom stereocenters. The predicted molar refractivity (Wildman–Crippen MR) is 66.3 cm³/mol. The van der Waals surface area contributed by atoms with Crippen LogP contribution in [0.15, 0.2) is 22.7 Å². The third-order valence-corrected chi connectivity index (χ3v) is 2.87. The summed E-state index contributed by atoms with van der Waals surface area (Å²) in [6.45, 7) is 4.90. The number of rotatable bonds is 4. The number of nitrogens with zero attached hydrogens (tertiary/aromatic N) is 1. The summed E-state index contributed by atoms with van der Waals surface area (Å²) in [5.41, 5.74) is 2.64. The van der Waals surface area contributed by atoms with Crippen molar-refractivity contribution in [1.29, 1.82) is 0 Å². The van der Waals surface area contributed by atoms with Crippen molar-refractivity contribution >= 4 is 0 Å². The Kier molecular flexibility index (Phi) is 3.53. The van der Waals surface area contributed by atoms with Crippen molar-refractivity contribution in [3.63, 3.8) is 0 Å². The third kappa shape index (κ3) is 2.62. The molecule has 0 aliphatic rings. The number of hydrogen-bond donors (Lipinski definition) is 3. The zero-order chi connectivity index (χ0) is 13.1. The van der Waals surface area contributed by atoms with E-state index in [1.165, 1.54) is 6.07 Å². The molecule has 0 unspecified atom stereocenters. The average Bonchev–Trinajstić information content (AvgIpc) is 2.63. The van der Waals surface area contributed by atoms with Gasteiger partial charge in [0, 0.05) is 30.3 Å². The first-order chi connectivity index (χ1) is 8.58. The molecular formula is C13H16N2O3. The molecule has 96 valence electrons. The molecule has 0 saturated carbocycles. The quantitative estimate of drug-likeness (QED) is 0.771. The van der Waals surface area contributed by atoms with Crippen molar-refractivity contribution in [1.82, 2.24) is 10.5 Å². The van der Waals surface area contributed by atoms with E-state index < -0.39 is 0 Å². The number of aromatic hydroxyl groups is 2. The van der Waals surface area contributed by atoms with Crippen LogP contribution in [0.2, 0.25) is 0 Å². The largest absolute Gasteiger partial charge is 0.508 e. The van der Waals surface area contributed by atoms with Crippen molar-refractivity contribution in [3.8, 4) is 11.5 Å². The van der Waals surface area contributed by atoms with Crippen LogP contribution in [-0.4, -0.2) is 15.4 Å². The summed E-state index contributed by atoms with van der Waals surface area (Å²) in [6, 6.07) is 4.56. The van der Waals surface area contributed by atoms with E-state index in [1.54, 1.807) is 12.1 Å². The SMILES string of the molecule is Cc1noc(C)c1CNCc1ccc(O)cc1O. The molecule has 0 aliphatic carbocycles. The molecule has 1 aromatic carbocycles. The van der Waals surface area contributed by atoms with Crippen molar-refractivity contribution in [2.24, 2.45) is 0 Å². The van der Waals surface area contributed by atoms with Gasteiger partial charge in [0.1, 0.15) is 17.3 Å². The van der Waals surface area contributed by atoms with Gasteiger partial charge in [-0.1, -0.05) is 11.2 Å². The maximum atomic E-state index is 9.63. The van der Waals surface area contributed by atoms with Crippen LogP contribution in [0.1, 0.15) is 22.6 Å². The summed E-state index contributed by atoms with van der Waals surface area (Å²) in [5, 5.41) is 25.9. The van der Waals surface area contributed by atoms with Crippen molar-refractivity contribution in [3.05, 3.63) is 40.8 Å². The lowest BCUT2D eigenvalue weighted by Gasteiger charge is -2.07. The third-order valence-electron chi connectivity index (χ3n) is 2.87. The first kappa shape index (κ1) is 12.4. The van der Waals surface area contributed by atoms with E-state index in [0.717, 1.165) is 22.6 Å². The molecule has 1 aromatic heterocycles. The summed E-state index contributed by atoms with van der Waals surface area (Å²) in [7, 11) is 0. The van der Waals surface area contributed by atoms with E-state index in [1.807, 2.05) is 13.8 Å². The van der Waals surface area contributed by atoms with Gasteiger partial charge in [-0.05, 0) is 19.9 Å². The molecule has 5 heteroatoms. The Labute approximate surface area is 105 Å². The summed E-state index contributed by atoms with van der Waals surface area (Å²) in [4.78, 5) is 0. The van der Waals surface area contributed by atoms with E-state index in [0.29, 0.717) is 13.1 Å². The van der Waals surface area contributed by atoms with Crippen LogP contribution >= 0.6 is 0 Å². The smallest absolute Gasteiger partial charge is 0.138 e. The van der Waals surface area contributed by atoms with Gasteiger partial charge in [-0.25, -0.2) is 0 Å². The number of hydrogen-bond acceptors (Lipinski definition) is 5. The summed E-state index contributed by atoms with van der Waals surface area (Å²) in [5.74, 6) is 0.943. The molecule has 1 heterocycles. The van der Waals surface area contributed by atoms with Crippen LogP contribution in [-0.2, 0) is 13.1 Å². The molecule has 0 amide bonds. The Morgan fingerprint density at radius 2 is 2.00 bits per heavy atom. The van der Waals surface area contributed by atoms with Crippen LogP contribution in [0.25, 0.3) is 0 Å². The minimum Gasteiger partial charge on any atom is -0.508 e. The summed E-state index contributed by atoms with van der Waals surface area (Å²) in [6.07, 6.45) is 0. The summed E-state index contributed by atoms with van der Waals surface area (Å²) >= 11 is 0. The van der Waals surface area contributed by atoms with Gasteiger partial charge in [-0.2, -0.15) is 0 Å².